The number of ether oxygens (including phenoxy) is 2. The van der Waals surface area contributed by atoms with Crippen LogP contribution >= 0.6 is 0 Å². The summed E-state index contributed by atoms with van der Waals surface area (Å²) >= 11 is 0. The van der Waals surface area contributed by atoms with Gasteiger partial charge < -0.3 is 9.16 Å². The smallest absolute Gasteiger partial charge is 0.439 e. The van der Waals surface area contributed by atoms with Crippen LogP contribution in [0.2, 0.25) is 0 Å². The molecule has 0 radical (unpaired) electrons. The van der Waals surface area contributed by atoms with E-state index in [1.165, 1.54) is 0 Å². The summed E-state index contributed by atoms with van der Waals surface area (Å²) in [6, 6.07) is 0. The number of rotatable bonds is 0. The molecule has 50 valence electrons. The summed E-state index contributed by atoms with van der Waals surface area (Å²) in [5, 5.41) is 0. The quantitative estimate of drug-likeness (QED) is 0.354. The van der Waals surface area contributed by atoms with Crippen LogP contribution in [0.3, 0.4) is 0 Å². The number of carbonyl (C=O) groups excluding carboxylic acids is 1. The van der Waals surface area contributed by atoms with E-state index in [2.05, 4.69) is 0 Å². The van der Waals surface area contributed by atoms with Crippen molar-refractivity contribution in [3.05, 3.63) is 11.8 Å². The molecular weight excluding hydrogens is 120 g/mol. The molecule has 9 heavy (non-hydrogen) atoms. The van der Waals surface area contributed by atoms with E-state index >= 15 is 0 Å². The van der Waals surface area contributed by atoms with Crippen LogP contribution in [-0.2, 0) is 13.9 Å². The van der Waals surface area contributed by atoms with Crippen molar-refractivity contribution in [1.29, 1.82) is 0 Å². The fourth-order valence-electron chi connectivity index (χ4n) is 0.548. The standard InChI is InChI=1S/C6H9O3/c1-5-3-6(7-2)9-4-8-5/h3H,4H2,1-2H3/q+1. The first-order valence-corrected chi connectivity index (χ1v) is 2.68. The molecule has 1 rings (SSSR count). The van der Waals surface area contributed by atoms with E-state index in [1.807, 2.05) is 6.92 Å². The van der Waals surface area contributed by atoms with Gasteiger partial charge in [-0.2, -0.15) is 0 Å². The van der Waals surface area contributed by atoms with Gasteiger partial charge in [-0.05, 0) is 6.92 Å². The summed E-state index contributed by atoms with van der Waals surface area (Å²) < 4.78 is 14.6. The lowest BCUT2D eigenvalue weighted by atomic mass is 10.5. The van der Waals surface area contributed by atoms with E-state index in [0.717, 1.165) is 5.76 Å². The van der Waals surface area contributed by atoms with E-state index in [0.29, 0.717) is 5.97 Å². The minimum atomic E-state index is 0.255. The molecule has 0 saturated heterocycles. The Bertz CT molecular complexity index is 158. The molecule has 0 N–H and O–H groups in total. The second-order valence-electron chi connectivity index (χ2n) is 1.68. The molecule has 0 unspecified atom stereocenters. The number of esters is 1. The van der Waals surface area contributed by atoms with Gasteiger partial charge in [0.2, 0.25) is 0 Å². The summed E-state index contributed by atoms with van der Waals surface area (Å²) in [4.78, 5) is 0. The monoisotopic (exact) mass is 129 g/mol. The van der Waals surface area contributed by atoms with Crippen molar-refractivity contribution < 1.29 is 13.9 Å². The van der Waals surface area contributed by atoms with Crippen molar-refractivity contribution in [3.8, 4) is 0 Å². The third kappa shape index (κ3) is 1.45. The first kappa shape index (κ1) is 6.13. The van der Waals surface area contributed by atoms with Crippen LogP contribution in [-0.4, -0.2) is 19.9 Å². The van der Waals surface area contributed by atoms with Crippen LogP contribution in [0.1, 0.15) is 6.92 Å². The van der Waals surface area contributed by atoms with Gasteiger partial charge in [-0.3, -0.25) is 4.74 Å². The van der Waals surface area contributed by atoms with Gasteiger partial charge in [0.25, 0.3) is 0 Å². The molecule has 0 atom stereocenters. The molecule has 0 aromatic rings. The van der Waals surface area contributed by atoms with Crippen molar-refractivity contribution in [3.63, 3.8) is 0 Å². The highest BCUT2D eigenvalue weighted by Crippen LogP contribution is 2.02. The predicted molar refractivity (Wildman–Crippen MR) is 31.7 cm³/mol. The van der Waals surface area contributed by atoms with Gasteiger partial charge in [0.1, 0.15) is 11.8 Å². The largest absolute Gasteiger partial charge is 0.518 e. The maximum absolute atomic E-state index is 4.95. The summed E-state index contributed by atoms with van der Waals surface area (Å²) in [6.07, 6.45) is 1.70. The van der Waals surface area contributed by atoms with Gasteiger partial charge in [-0.15, -0.1) is 0 Å². The lowest BCUT2D eigenvalue weighted by molar-refractivity contribution is -0.432. The Morgan fingerprint density at radius 3 is 2.78 bits per heavy atom. The van der Waals surface area contributed by atoms with Crippen molar-refractivity contribution in [2.24, 2.45) is 0 Å². The number of cyclic esters (lactones) is 1. The molecule has 1 aliphatic heterocycles. The molecule has 0 aromatic heterocycles. The molecule has 0 amide bonds. The van der Waals surface area contributed by atoms with Gasteiger partial charge >= 0.3 is 12.8 Å². The SMILES string of the molecule is C[O+]=C1C=C(C)OCO1. The maximum Gasteiger partial charge on any atom is 0.518 e. The lowest BCUT2D eigenvalue weighted by Gasteiger charge is -2.04. The van der Waals surface area contributed by atoms with Gasteiger partial charge in [-0.1, -0.05) is 0 Å². The lowest BCUT2D eigenvalue weighted by Crippen LogP contribution is -2.13. The molecule has 1 heterocycles. The van der Waals surface area contributed by atoms with Crippen molar-refractivity contribution >= 4 is 5.97 Å². The second kappa shape index (κ2) is 2.53. The Morgan fingerprint density at radius 1 is 1.56 bits per heavy atom. The van der Waals surface area contributed by atoms with Gasteiger partial charge in [0.15, 0.2) is 7.11 Å². The topological polar surface area (TPSA) is 29.8 Å². The second-order valence-corrected chi connectivity index (χ2v) is 1.68. The van der Waals surface area contributed by atoms with Gasteiger partial charge in [0, 0.05) is 0 Å². The normalized spacial score (nSPS) is 22.4. The van der Waals surface area contributed by atoms with E-state index in [1.54, 1.807) is 13.2 Å². The van der Waals surface area contributed by atoms with Crippen molar-refractivity contribution in [2.75, 3.05) is 13.9 Å². The molecule has 3 nitrogen and oxygen atoms in total. The van der Waals surface area contributed by atoms with Gasteiger partial charge in [0.05, 0.1) is 0 Å². The van der Waals surface area contributed by atoms with Gasteiger partial charge in [-0.25, -0.2) is 0 Å². The zero-order valence-corrected chi connectivity index (χ0v) is 5.51. The van der Waals surface area contributed by atoms with Crippen LogP contribution in [0.25, 0.3) is 0 Å². The highest BCUT2D eigenvalue weighted by molar-refractivity contribution is 5.83. The zero-order chi connectivity index (χ0) is 6.69. The molecule has 0 saturated carbocycles. The fourth-order valence-corrected chi connectivity index (χ4v) is 0.548. The summed E-state index contributed by atoms with van der Waals surface area (Å²) in [6.45, 7) is 2.10. The molecule has 0 spiro atoms. The third-order valence-corrected chi connectivity index (χ3v) is 1.01. The molecule has 0 aromatic carbocycles. The fraction of sp³-hybridized carbons (Fsp3) is 0.500. The zero-order valence-electron chi connectivity index (χ0n) is 5.51. The molecule has 0 bridgehead atoms. The minimum absolute atomic E-state index is 0.255. The number of allylic oxidation sites excluding steroid dienone is 1. The van der Waals surface area contributed by atoms with Crippen molar-refractivity contribution in [1.82, 2.24) is 0 Å². The summed E-state index contributed by atoms with van der Waals surface area (Å²) in [5.74, 6) is 1.33. The Morgan fingerprint density at radius 2 is 2.33 bits per heavy atom. The minimum Gasteiger partial charge on any atom is -0.439 e. The highest BCUT2D eigenvalue weighted by atomic mass is 16.7. The summed E-state index contributed by atoms with van der Waals surface area (Å²) in [7, 11) is 1.56. The Hall–Kier alpha value is -0.990. The number of hydrogen-bond donors (Lipinski definition) is 0. The van der Waals surface area contributed by atoms with Crippen LogP contribution in [0.4, 0.5) is 0 Å². The Kier molecular flexibility index (Phi) is 1.72. The van der Waals surface area contributed by atoms with Crippen LogP contribution in [0.5, 0.6) is 0 Å². The summed E-state index contributed by atoms with van der Waals surface area (Å²) in [5.41, 5.74) is 0. The Labute approximate surface area is 53.6 Å². The third-order valence-electron chi connectivity index (χ3n) is 1.01. The Balaban J connectivity index is 2.68. The highest BCUT2D eigenvalue weighted by Gasteiger charge is 2.16. The maximum atomic E-state index is 4.95. The first-order chi connectivity index (χ1) is 4.33. The number of hydrogen-bond acceptors (Lipinski definition) is 2. The molecule has 1 aliphatic rings. The van der Waals surface area contributed by atoms with E-state index in [4.69, 9.17) is 13.9 Å². The predicted octanol–water partition coefficient (Wildman–Crippen LogP) is 0.587. The molecular formula is C6H9O3+. The van der Waals surface area contributed by atoms with E-state index < -0.39 is 0 Å². The van der Waals surface area contributed by atoms with Crippen LogP contribution < -0.4 is 0 Å². The van der Waals surface area contributed by atoms with Crippen LogP contribution in [0.15, 0.2) is 11.8 Å². The van der Waals surface area contributed by atoms with Crippen LogP contribution in [0, 0.1) is 0 Å². The van der Waals surface area contributed by atoms with Crippen molar-refractivity contribution in [2.45, 2.75) is 6.92 Å². The molecule has 3 heteroatoms. The molecule has 0 fully saturated rings. The van der Waals surface area contributed by atoms with E-state index in [-0.39, 0.29) is 6.79 Å². The van der Waals surface area contributed by atoms with E-state index in [9.17, 15) is 0 Å². The average Bonchev–Trinajstić information content (AvgIpc) is 1.88. The first-order valence-electron chi connectivity index (χ1n) is 2.68. The molecule has 0 aliphatic carbocycles. The average molecular weight is 129 g/mol.